The Morgan fingerprint density at radius 1 is 1.60 bits per heavy atom. The lowest BCUT2D eigenvalue weighted by molar-refractivity contribution is 0.357. The van der Waals surface area contributed by atoms with E-state index in [1.807, 2.05) is 0 Å². The maximum Gasteiger partial charge on any atom is 0.252 e. The standard InChI is InChI=1S/C12H19N3O2S3/c1-14-6-5-9(7-14)8-15(2)20(16,17)11-4-3-10(19-11)12(13)18/h3-4,9H,5-8H2,1-2H3,(H2,13,18). The summed E-state index contributed by atoms with van der Waals surface area (Å²) in [6.07, 6.45) is 1.04. The highest BCUT2D eigenvalue weighted by molar-refractivity contribution is 7.91. The molecule has 0 saturated carbocycles. The Labute approximate surface area is 129 Å². The summed E-state index contributed by atoms with van der Waals surface area (Å²) in [6.45, 7) is 2.53. The van der Waals surface area contributed by atoms with E-state index in [-0.39, 0.29) is 4.99 Å². The van der Waals surface area contributed by atoms with Crippen LogP contribution in [0.15, 0.2) is 16.3 Å². The van der Waals surface area contributed by atoms with E-state index in [9.17, 15) is 8.42 Å². The summed E-state index contributed by atoms with van der Waals surface area (Å²) in [5, 5.41) is 0. The summed E-state index contributed by atoms with van der Waals surface area (Å²) >= 11 is 6.00. The topological polar surface area (TPSA) is 66.6 Å². The Kier molecular flexibility index (Phi) is 4.80. The fourth-order valence-electron chi connectivity index (χ4n) is 2.38. The molecule has 1 fully saturated rings. The first kappa shape index (κ1) is 15.8. The average Bonchev–Trinajstić information content (AvgIpc) is 2.98. The average molecular weight is 334 g/mol. The van der Waals surface area contributed by atoms with Gasteiger partial charge in [-0.1, -0.05) is 12.2 Å². The van der Waals surface area contributed by atoms with Crippen LogP contribution in [0.5, 0.6) is 0 Å². The normalized spacial score (nSPS) is 20.6. The summed E-state index contributed by atoms with van der Waals surface area (Å²) < 4.78 is 26.7. The highest BCUT2D eigenvalue weighted by Crippen LogP contribution is 2.26. The Morgan fingerprint density at radius 3 is 2.80 bits per heavy atom. The minimum absolute atomic E-state index is 0.233. The van der Waals surface area contributed by atoms with Gasteiger partial charge in [0.2, 0.25) is 0 Å². The van der Waals surface area contributed by atoms with Gasteiger partial charge in [-0.25, -0.2) is 8.42 Å². The largest absolute Gasteiger partial charge is 0.389 e. The second-order valence-corrected chi connectivity index (χ2v) is 8.98. The second kappa shape index (κ2) is 6.07. The van der Waals surface area contributed by atoms with Crippen LogP contribution in [-0.4, -0.2) is 56.3 Å². The zero-order valence-corrected chi connectivity index (χ0v) is 14.0. The van der Waals surface area contributed by atoms with Crippen LogP contribution in [0.3, 0.4) is 0 Å². The number of thiophene rings is 1. The lowest BCUT2D eigenvalue weighted by atomic mass is 10.1. The first-order valence-electron chi connectivity index (χ1n) is 6.35. The number of hydrogen-bond acceptors (Lipinski definition) is 5. The number of nitrogens with zero attached hydrogens (tertiary/aromatic N) is 2. The molecule has 1 unspecified atom stereocenters. The Bertz CT molecular complexity index is 597. The first-order valence-corrected chi connectivity index (χ1v) is 9.01. The van der Waals surface area contributed by atoms with Gasteiger partial charge in [0.15, 0.2) is 0 Å². The number of nitrogens with two attached hydrogens (primary N) is 1. The number of sulfonamides is 1. The zero-order chi connectivity index (χ0) is 14.9. The van der Waals surface area contributed by atoms with E-state index >= 15 is 0 Å². The van der Waals surface area contributed by atoms with E-state index in [1.54, 1.807) is 19.2 Å². The third-order valence-electron chi connectivity index (χ3n) is 3.49. The van der Waals surface area contributed by atoms with Crippen molar-refractivity contribution in [3.8, 4) is 0 Å². The summed E-state index contributed by atoms with van der Waals surface area (Å²) in [4.78, 5) is 3.09. The molecule has 0 aliphatic carbocycles. The van der Waals surface area contributed by atoms with E-state index in [0.29, 0.717) is 21.5 Å². The van der Waals surface area contributed by atoms with Crippen molar-refractivity contribution in [2.75, 3.05) is 33.7 Å². The molecule has 2 heterocycles. The van der Waals surface area contributed by atoms with E-state index in [4.69, 9.17) is 18.0 Å². The summed E-state index contributed by atoms with van der Waals surface area (Å²) in [6, 6.07) is 3.24. The fraction of sp³-hybridized carbons (Fsp3) is 0.583. The molecule has 2 N–H and O–H groups in total. The predicted octanol–water partition coefficient (Wildman–Crippen LogP) is 0.954. The molecule has 0 spiro atoms. The molecule has 2 rings (SSSR count). The molecule has 0 amide bonds. The number of likely N-dealkylation sites (tertiary alicyclic amines) is 1. The SMILES string of the molecule is CN1CCC(CN(C)S(=O)(=O)c2ccc(C(N)=S)s2)C1. The van der Waals surface area contributed by atoms with Crippen LogP contribution in [0.25, 0.3) is 0 Å². The van der Waals surface area contributed by atoms with Gasteiger partial charge < -0.3 is 10.6 Å². The first-order chi connectivity index (χ1) is 9.30. The molecular weight excluding hydrogens is 314 g/mol. The fourth-order valence-corrected chi connectivity index (χ4v) is 5.19. The molecule has 0 radical (unpaired) electrons. The number of thiocarbonyl (C=S) groups is 1. The van der Waals surface area contributed by atoms with E-state index in [0.717, 1.165) is 30.8 Å². The van der Waals surface area contributed by atoms with Crippen LogP contribution >= 0.6 is 23.6 Å². The molecule has 1 aliphatic heterocycles. The van der Waals surface area contributed by atoms with Crippen LogP contribution in [0.1, 0.15) is 11.3 Å². The molecule has 1 aromatic rings. The molecule has 1 aliphatic rings. The van der Waals surface area contributed by atoms with Gasteiger partial charge in [-0.3, -0.25) is 0 Å². The van der Waals surface area contributed by atoms with Crippen LogP contribution in [0.2, 0.25) is 0 Å². The summed E-state index contributed by atoms with van der Waals surface area (Å²) in [5.41, 5.74) is 5.52. The van der Waals surface area contributed by atoms with Gasteiger partial charge in [0.25, 0.3) is 10.0 Å². The zero-order valence-electron chi connectivity index (χ0n) is 11.6. The number of hydrogen-bond donors (Lipinski definition) is 1. The van der Waals surface area contributed by atoms with E-state index in [1.165, 1.54) is 4.31 Å². The molecule has 1 saturated heterocycles. The lowest BCUT2D eigenvalue weighted by Gasteiger charge is -2.20. The molecule has 1 atom stereocenters. The van der Waals surface area contributed by atoms with E-state index < -0.39 is 10.0 Å². The molecule has 0 aromatic carbocycles. The van der Waals surface area contributed by atoms with Crippen molar-refractivity contribution in [3.05, 3.63) is 17.0 Å². The molecule has 8 heteroatoms. The van der Waals surface area contributed by atoms with Gasteiger partial charge in [0.1, 0.15) is 9.20 Å². The molecule has 20 heavy (non-hydrogen) atoms. The lowest BCUT2D eigenvalue weighted by Crippen LogP contribution is -2.32. The van der Waals surface area contributed by atoms with Crippen molar-refractivity contribution in [3.63, 3.8) is 0 Å². The van der Waals surface area contributed by atoms with Crippen LogP contribution < -0.4 is 5.73 Å². The van der Waals surface area contributed by atoms with Crippen molar-refractivity contribution in [2.24, 2.45) is 11.7 Å². The minimum atomic E-state index is -3.44. The van der Waals surface area contributed by atoms with E-state index in [2.05, 4.69) is 11.9 Å². The van der Waals surface area contributed by atoms with Crippen molar-refractivity contribution in [1.29, 1.82) is 0 Å². The molecule has 5 nitrogen and oxygen atoms in total. The van der Waals surface area contributed by atoms with Crippen LogP contribution in [0, 0.1) is 5.92 Å². The van der Waals surface area contributed by atoms with Crippen LogP contribution in [-0.2, 0) is 10.0 Å². The highest BCUT2D eigenvalue weighted by atomic mass is 32.2. The molecular formula is C12H19N3O2S3. The molecule has 112 valence electrons. The predicted molar refractivity (Wildman–Crippen MR) is 85.6 cm³/mol. The van der Waals surface area contributed by atoms with Crippen molar-refractivity contribution >= 4 is 38.6 Å². The van der Waals surface area contributed by atoms with Crippen molar-refractivity contribution in [1.82, 2.24) is 9.21 Å². The maximum absolute atomic E-state index is 12.5. The molecule has 1 aromatic heterocycles. The minimum Gasteiger partial charge on any atom is -0.389 e. The summed E-state index contributed by atoms with van der Waals surface area (Å²) in [5.74, 6) is 0.398. The van der Waals surface area contributed by atoms with Gasteiger partial charge in [0.05, 0.1) is 4.88 Å². The smallest absolute Gasteiger partial charge is 0.252 e. The van der Waals surface area contributed by atoms with Crippen molar-refractivity contribution in [2.45, 2.75) is 10.6 Å². The Morgan fingerprint density at radius 2 is 2.30 bits per heavy atom. The van der Waals surface area contributed by atoms with Crippen LogP contribution in [0.4, 0.5) is 0 Å². The van der Waals surface area contributed by atoms with Crippen molar-refractivity contribution < 1.29 is 8.42 Å². The van der Waals surface area contributed by atoms with Gasteiger partial charge in [-0.15, -0.1) is 11.3 Å². The Hall–Kier alpha value is -0.540. The Balaban J connectivity index is 2.10. The summed E-state index contributed by atoms with van der Waals surface area (Å²) in [7, 11) is 0.252. The quantitative estimate of drug-likeness (QED) is 0.813. The third kappa shape index (κ3) is 3.37. The third-order valence-corrected chi connectivity index (χ3v) is 7.25. The van der Waals surface area contributed by atoms with Gasteiger partial charge in [-0.2, -0.15) is 4.31 Å². The monoisotopic (exact) mass is 333 g/mol. The second-order valence-electron chi connectivity index (χ2n) is 5.19. The van der Waals surface area contributed by atoms with Gasteiger partial charge in [0, 0.05) is 20.1 Å². The highest BCUT2D eigenvalue weighted by Gasteiger charge is 2.28. The van der Waals surface area contributed by atoms with Gasteiger partial charge >= 0.3 is 0 Å². The number of rotatable bonds is 5. The maximum atomic E-state index is 12.5. The molecule has 0 bridgehead atoms. The van der Waals surface area contributed by atoms with Gasteiger partial charge in [-0.05, 0) is 38.1 Å².